The van der Waals surface area contributed by atoms with Crippen LogP contribution in [0.4, 0.5) is 0 Å². The maximum atomic E-state index is 5.03. The summed E-state index contributed by atoms with van der Waals surface area (Å²) < 4.78 is 0. The second-order valence-electron chi connectivity index (χ2n) is 12.0. The molecule has 1 aromatic heterocycles. The Morgan fingerprint density at radius 3 is 1.25 bits per heavy atom. The van der Waals surface area contributed by atoms with Gasteiger partial charge in [-0.1, -0.05) is 158 Å². The van der Waals surface area contributed by atoms with Gasteiger partial charge in [-0.05, 0) is 72.8 Å². The third-order valence-electron chi connectivity index (χ3n) is 9.08. The molecule has 1 heterocycles. The summed E-state index contributed by atoms with van der Waals surface area (Å²) in [6.07, 6.45) is 0. The van der Waals surface area contributed by atoms with Crippen molar-refractivity contribution in [2.75, 3.05) is 0 Å². The first kappa shape index (κ1) is 27.8. The highest BCUT2D eigenvalue weighted by Gasteiger charge is 2.17. The van der Waals surface area contributed by atoms with Gasteiger partial charge in [-0.2, -0.15) is 0 Å². The summed E-state index contributed by atoms with van der Waals surface area (Å²) in [5, 5.41) is 7.49. The molecule has 0 amide bonds. The van der Waals surface area contributed by atoms with E-state index in [9.17, 15) is 0 Å². The topological polar surface area (TPSA) is 38.7 Å². The van der Waals surface area contributed by atoms with E-state index < -0.39 is 0 Å². The van der Waals surface area contributed by atoms with Crippen LogP contribution in [0.25, 0.3) is 88.7 Å². The van der Waals surface area contributed by atoms with Gasteiger partial charge in [-0.3, -0.25) is 0 Å². The minimum absolute atomic E-state index is 0.642. The molecule has 0 aliphatic carbocycles. The van der Waals surface area contributed by atoms with E-state index in [0.717, 1.165) is 22.3 Å². The van der Waals surface area contributed by atoms with Gasteiger partial charge in [0.25, 0.3) is 0 Å². The Morgan fingerprint density at radius 2 is 0.667 bits per heavy atom. The molecule has 0 atom stereocenters. The fourth-order valence-corrected chi connectivity index (χ4v) is 6.82. The highest BCUT2D eigenvalue weighted by Crippen LogP contribution is 2.43. The lowest BCUT2D eigenvalue weighted by atomic mass is 9.86. The number of fused-ring (bicyclic) bond motifs is 6. The van der Waals surface area contributed by atoms with Crippen molar-refractivity contribution in [3.63, 3.8) is 0 Å². The zero-order valence-corrected chi connectivity index (χ0v) is 26.1. The highest BCUT2D eigenvalue weighted by molar-refractivity contribution is 6.29. The average Bonchev–Trinajstić information content (AvgIpc) is 3.18. The lowest BCUT2D eigenvalue weighted by Gasteiger charge is -2.17. The van der Waals surface area contributed by atoms with Crippen LogP contribution in [0.15, 0.2) is 176 Å². The smallest absolute Gasteiger partial charge is 0.164 e. The number of rotatable bonds is 5. The number of hydrogen-bond acceptors (Lipinski definition) is 3. The van der Waals surface area contributed by atoms with Gasteiger partial charge in [0.05, 0.1) is 0 Å². The van der Waals surface area contributed by atoms with E-state index in [-0.39, 0.29) is 0 Å². The lowest BCUT2D eigenvalue weighted by molar-refractivity contribution is 1.07. The van der Waals surface area contributed by atoms with Gasteiger partial charge in [0.15, 0.2) is 17.5 Å². The van der Waals surface area contributed by atoms with Crippen LogP contribution in [0.3, 0.4) is 0 Å². The fraction of sp³-hybridized carbons (Fsp3) is 0. The van der Waals surface area contributed by atoms with Crippen molar-refractivity contribution >= 4 is 32.3 Å². The SMILES string of the molecule is c1ccc(-c2cc(-c3cccc(-c4nc(-c5ccccc5)nc(-c5ccccc5)n4)c3)c3c4ccccc4c4ccccc4c3c2)cc1. The Hall–Kier alpha value is -6.45. The molecule has 0 aliphatic heterocycles. The Morgan fingerprint density at radius 1 is 0.250 bits per heavy atom. The van der Waals surface area contributed by atoms with Crippen molar-refractivity contribution in [1.82, 2.24) is 15.0 Å². The summed E-state index contributed by atoms with van der Waals surface area (Å²) in [7, 11) is 0. The average molecular weight is 612 g/mol. The maximum Gasteiger partial charge on any atom is 0.164 e. The molecule has 9 aromatic rings. The molecule has 0 aliphatic rings. The molecule has 3 heteroatoms. The molecule has 0 radical (unpaired) electrons. The molecule has 9 rings (SSSR count). The molecule has 224 valence electrons. The van der Waals surface area contributed by atoms with Gasteiger partial charge in [-0.25, -0.2) is 15.0 Å². The van der Waals surface area contributed by atoms with Crippen LogP contribution < -0.4 is 0 Å². The lowest BCUT2D eigenvalue weighted by Crippen LogP contribution is -2.00. The summed E-state index contributed by atoms with van der Waals surface area (Å²) in [4.78, 5) is 15.0. The Kier molecular flexibility index (Phi) is 6.80. The second kappa shape index (κ2) is 11.7. The molecule has 0 bridgehead atoms. The molecule has 0 spiro atoms. The van der Waals surface area contributed by atoms with E-state index in [4.69, 9.17) is 15.0 Å². The summed E-state index contributed by atoms with van der Waals surface area (Å²) in [5.74, 6) is 1.95. The molecule has 0 unspecified atom stereocenters. The van der Waals surface area contributed by atoms with Crippen LogP contribution in [-0.4, -0.2) is 15.0 Å². The molecular formula is C45H29N3. The van der Waals surface area contributed by atoms with Crippen LogP contribution in [0, 0.1) is 0 Å². The van der Waals surface area contributed by atoms with E-state index in [1.165, 1.54) is 49.0 Å². The van der Waals surface area contributed by atoms with Crippen molar-refractivity contribution in [1.29, 1.82) is 0 Å². The zero-order chi connectivity index (χ0) is 31.9. The van der Waals surface area contributed by atoms with E-state index in [0.29, 0.717) is 17.5 Å². The summed E-state index contributed by atoms with van der Waals surface area (Å²) >= 11 is 0. The first-order chi connectivity index (χ1) is 23.8. The molecule has 3 nitrogen and oxygen atoms in total. The molecule has 0 N–H and O–H groups in total. The number of benzene rings is 8. The first-order valence-electron chi connectivity index (χ1n) is 16.2. The van der Waals surface area contributed by atoms with Crippen LogP contribution in [0.5, 0.6) is 0 Å². The Balaban J connectivity index is 1.32. The Labute approximate surface area is 278 Å². The molecule has 48 heavy (non-hydrogen) atoms. The normalized spacial score (nSPS) is 11.3. The van der Waals surface area contributed by atoms with Gasteiger partial charge in [0.2, 0.25) is 0 Å². The quantitative estimate of drug-likeness (QED) is 0.182. The van der Waals surface area contributed by atoms with E-state index in [2.05, 4.69) is 115 Å². The van der Waals surface area contributed by atoms with Gasteiger partial charge in [0, 0.05) is 16.7 Å². The van der Waals surface area contributed by atoms with E-state index >= 15 is 0 Å². The van der Waals surface area contributed by atoms with E-state index in [1.54, 1.807) is 0 Å². The van der Waals surface area contributed by atoms with E-state index in [1.807, 2.05) is 60.7 Å². The maximum absolute atomic E-state index is 5.03. The summed E-state index contributed by atoms with van der Waals surface area (Å²) in [5.41, 5.74) is 7.50. The fourth-order valence-electron chi connectivity index (χ4n) is 6.82. The third kappa shape index (κ3) is 4.90. The molecule has 8 aromatic carbocycles. The number of nitrogens with zero attached hydrogens (tertiary/aromatic N) is 3. The predicted octanol–water partition coefficient (Wildman–Crippen LogP) is 11.7. The van der Waals surface area contributed by atoms with Crippen molar-refractivity contribution in [3.05, 3.63) is 176 Å². The van der Waals surface area contributed by atoms with Crippen molar-refractivity contribution < 1.29 is 0 Å². The minimum Gasteiger partial charge on any atom is -0.208 e. The number of aromatic nitrogens is 3. The predicted molar refractivity (Wildman–Crippen MR) is 200 cm³/mol. The molecule has 0 saturated heterocycles. The zero-order valence-electron chi connectivity index (χ0n) is 26.1. The van der Waals surface area contributed by atoms with Gasteiger partial charge in [0.1, 0.15) is 0 Å². The van der Waals surface area contributed by atoms with Gasteiger partial charge in [-0.15, -0.1) is 0 Å². The van der Waals surface area contributed by atoms with Crippen LogP contribution in [-0.2, 0) is 0 Å². The first-order valence-corrected chi connectivity index (χ1v) is 16.2. The monoisotopic (exact) mass is 611 g/mol. The molecule has 0 saturated carbocycles. The number of hydrogen-bond donors (Lipinski definition) is 0. The van der Waals surface area contributed by atoms with Crippen molar-refractivity contribution in [2.24, 2.45) is 0 Å². The van der Waals surface area contributed by atoms with Crippen LogP contribution in [0.1, 0.15) is 0 Å². The molecular weight excluding hydrogens is 583 g/mol. The summed E-state index contributed by atoms with van der Waals surface area (Å²) in [6, 6.07) is 61.8. The Bertz CT molecular complexity index is 2540. The second-order valence-corrected chi connectivity index (χ2v) is 12.0. The molecule has 0 fully saturated rings. The van der Waals surface area contributed by atoms with Crippen LogP contribution in [0.2, 0.25) is 0 Å². The van der Waals surface area contributed by atoms with Crippen LogP contribution >= 0.6 is 0 Å². The largest absolute Gasteiger partial charge is 0.208 e. The van der Waals surface area contributed by atoms with Crippen molar-refractivity contribution in [3.8, 4) is 56.4 Å². The minimum atomic E-state index is 0.642. The highest BCUT2D eigenvalue weighted by atomic mass is 15.0. The van der Waals surface area contributed by atoms with Gasteiger partial charge >= 0.3 is 0 Å². The van der Waals surface area contributed by atoms with Gasteiger partial charge < -0.3 is 0 Å². The third-order valence-corrected chi connectivity index (χ3v) is 9.08. The summed E-state index contributed by atoms with van der Waals surface area (Å²) in [6.45, 7) is 0. The van der Waals surface area contributed by atoms with Crippen molar-refractivity contribution in [2.45, 2.75) is 0 Å². The standard InChI is InChI=1S/C45H29N3/c1-4-15-30(16-5-1)35-28-40(42-39-26-13-12-24-37(39)36-23-10-11-25-38(36)41(42)29-35)33-21-14-22-34(27-33)45-47-43(31-17-6-2-7-18-31)46-44(48-45)32-19-8-3-9-20-32/h1-29H.